The molecule has 3 aromatic rings. The normalized spacial score (nSPS) is 11.9. The highest BCUT2D eigenvalue weighted by atomic mass is 35.5. The Morgan fingerprint density at radius 1 is 1.03 bits per heavy atom. The van der Waals surface area contributed by atoms with Gasteiger partial charge in [0.15, 0.2) is 0 Å². The van der Waals surface area contributed by atoms with Gasteiger partial charge < -0.3 is 9.30 Å². The summed E-state index contributed by atoms with van der Waals surface area (Å²) >= 11 is 5.92. The summed E-state index contributed by atoms with van der Waals surface area (Å²) in [5.41, 5.74) is 3.29. The minimum atomic E-state index is -3.68. The van der Waals surface area contributed by atoms with Gasteiger partial charge in [0.2, 0.25) is 10.0 Å². The van der Waals surface area contributed by atoms with Crippen LogP contribution in [0, 0.1) is 6.92 Å². The van der Waals surface area contributed by atoms with Gasteiger partial charge >= 0.3 is 0 Å². The summed E-state index contributed by atoms with van der Waals surface area (Å²) in [6, 6.07) is 18.5. The first-order chi connectivity index (χ1) is 13.9. The van der Waals surface area contributed by atoms with Crippen LogP contribution in [0.5, 0.6) is 0 Å². The van der Waals surface area contributed by atoms with Crippen molar-refractivity contribution in [2.24, 2.45) is 0 Å². The Hall–Kier alpha value is -2.12. The zero-order chi connectivity index (χ0) is 20.9. The van der Waals surface area contributed by atoms with Crippen molar-refractivity contribution < 1.29 is 13.2 Å². The van der Waals surface area contributed by atoms with Crippen molar-refractivity contribution >= 4 is 21.6 Å². The third kappa shape index (κ3) is 5.48. The number of hydrogen-bond acceptors (Lipinski definition) is 3. The quantitative estimate of drug-likeness (QED) is 0.505. The third-order valence-corrected chi connectivity index (χ3v) is 6.84. The van der Waals surface area contributed by atoms with E-state index in [2.05, 4.69) is 35.8 Å². The molecular weight excluding hydrogens is 408 g/mol. The Morgan fingerprint density at radius 2 is 1.72 bits per heavy atom. The van der Waals surface area contributed by atoms with Gasteiger partial charge in [0, 0.05) is 37.1 Å². The van der Waals surface area contributed by atoms with E-state index in [4.69, 9.17) is 16.3 Å². The predicted molar refractivity (Wildman–Crippen MR) is 116 cm³/mol. The van der Waals surface area contributed by atoms with E-state index >= 15 is 0 Å². The van der Waals surface area contributed by atoms with Crippen LogP contribution in [0.3, 0.4) is 0 Å². The fraction of sp³-hybridized carbons (Fsp3) is 0.273. The molecular formula is C22H25ClN2O3S. The molecule has 1 aromatic heterocycles. The van der Waals surface area contributed by atoms with Crippen molar-refractivity contribution in [3.63, 3.8) is 0 Å². The topological polar surface area (TPSA) is 51.5 Å². The maximum Gasteiger partial charge on any atom is 0.243 e. The van der Waals surface area contributed by atoms with Crippen LogP contribution >= 0.6 is 11.6 Å². The third-order valence-electron chi connectivity index (χ3n) is 4.73. The molecule has 7 heteroatoms. The smallest absolute Gasteiger partial charge is 0.243 e. The van der Waals surface area contributed by atoms with E-state index in [1.807, 2.05) is 18.3 Å². The van der Waals surface area contributed by atoms with Gasteiger partial charge in [-0.15, -0.1) is 0 Å². The lowest BCUT2D eigenvalue weighted by molar-refractivity contribution is 0.176. The zero-order valence-corrected chi connectivity index (χ0v) is 18.2. The number of rotatable bonds is 9. The highest BCUT2D eigenvalue weighted by molar-refractivity contribution is 7.89. The van der Waals surface area contributed by atoms with E-state index in [1.165, 1.54) is 22.0 Å². The Kier molecular flexibility index (Phi) is 7.14. The summed E-state index contributed by atoms with van der Waals surface area (Å²) in [5.74, 6) is 0. The number of benzene rings is 2. The minimum Gasteiger partial charge on any atom is -0.383 e. The molecule has 0 saturated heterocycles. The average molecular weight is 433 g/mol. The van der Waals surface area contributed by atoms with E-state index in [1.54, 1.807) is 19.2 Å². The van der Waals surface area contributed by atoms with Gasteiger partial charge in [-0.25, -0.2) is 8.42 Å². The van der Waals surface area contributed by atoms with Crippen molar-refractivity contribution in [2.75, 3.05) is 20.3 Å². The highest BCUT2D eigenvalue weighted by Crippen LogP contribution is 2.21. The van der Waals surface area contributed by atoms with Crippen LogP contribution < -0.4 is 0 Å². The van der Waals surface area contributed by atoms with Gasteiger partial charge in [-0.2, -0.15) is 4.31 Å². The van der Waals surface area contributed by atoms with Crippen molar-refractivity contribution in [3.05, 3.63) is 88.7 Å². The molecule has 5 nitrogen and oxygen atoms in total. The summed E-state index contributed by atoms with van der Waals surface area (Å²) in [5, 5.41) is 0.499. The van der Waals surface area contributed by atoms with Crippen LogP contribution in [0.2, 0.25) is 5.02 Å². The predicted octanol–water partition coefficient (Wildman–Crippen LogP) is 4.34. The van der Waals surface area contributed by atoms with E-state index in [-0.39, 0.29) is 18.0 Å². The van der Waals surface area contributed by atoms with Crippen LogP contribution in [-0.4, -0.2) is 37.6 Å². The molecule has 0 unspecified atom stereocenters. The fourth-order valence-electron chi connectivity index (χ4n) is 3.05. The van der Waals surface area contributed by atoms with Crippen molar-refractivity contribution in [1.82, 2.24) is 8.87 Å². The van der Waals surface area contributed by atoms with Gasteiger partial charge in [0.25, 0.3) is 0 Å². The molecule has 29 heavy (non-hydrogen) atoms. The van der Waals surface area contributed by atoms with Gasteiger partial charge in [-0.1, -0.05) is 41.4 Å². The summed E-state index contributed by atoms with van der Waals surface area (Å²) in [6.45, 7) is 3.57. The van der Waals surface area contributed by atoms with Crippen LogP contribution in [0.15, 0.2) is 71.8 Å². The molecule has 0 aliphatic rings. The number of aromatic nitrogens is 1. The van der Waals surface area contributed by atoms with Crippen LogP contribution in [0.1, 0.15) is 16.8 Å². The van der Waals surface area contributed by atoms with Gasteiger partial charge in [0.05, 0.1) is 18.0 Å². The molecule has 154 valence electrons. The number of aryl methyl sites for hydroxylation is 1. The van der Waals surface area contributed by atoms with E-state index in [9.17, 15) is 8.42 Å². The zero-order valence-electron chi connectivity index (χ0n) is 16.6. The van der Waals surface area contributed by atoms with E-state index < -0.39 is 10.0 Å². The molecule has 1 heterocycles. The molecule has 3 rings (SSSR count). The number of nitrogens with zero attached hydrogens (tertiary/aromatic N) is 2. The maximum atomic E-state index is 13.2. The number of ether oxygens (including phenoxy) is 1. The summed E-state index contributed by atoms with van der Waals surface area (Å²) in [6.07, 6.45) is 1.97. The first kappa shape index (κ1) is 21.6. The lowest BCUT2D eigenvalue weighted by Gasteiger charge is -2.23. The minimum absolute atomic E-state index is 0.217. The second-order valence-corrected chi connectivity index (χ2v) is 9.27. The molecule has 2 aromatic carbocycles. The number of sulfonamides is 1. The number of hydrogen-bond donors (Lipinski definition) is 0. The molecule has 0 aliphatic heterocycles. The molecule has 0 saturated carbocycles. The van der Waals surface area contributed by atoms with Crippen LogP contribution in [-0.2, 0) is 27.8 Å². The lowest BCUT2D eigenvalue weighted by Crippen LogP contribution is -2.34. The number of methoxy groups -OCH3 is 1. The standard InChI is InChI=1S/C22H25ClN2O3S/c1-18-5-7-19(8-6-18)16-24-13-3-4-21(24)17-25(14-15-28-2)29(26,27)22-11-9-20(23)10-12-22/h3-13H,14-17H2,1-2H3. The SMILES string of the molecule is COCCN(Cc1cccn1Cc1ccc(C)cc1)S(=O)(=O)c1ccc(Cl)cc1. The van der Waals surface area contributed by atoms with Crippen molar-refractivity contribution in [3.8, 4) is 0 Å². The summed E-state index contributed by atoms with van der Waals surface area (Å²) < 4.78 is 35.1. The van der Waals surface area contributed by atoms with E-state index in [0.29, 0.717) is 18.2 Å². The maximum absolute atomic E-state index is 13.2. The number of halogens is 1. The van der Waals surface area contributed by atoms with E-state index in [0.717, 1.165) is 11.3 Å². The Bertz CT molecular complexity index is 1030. The molecule has 0 bridgehead atoms. The molecule has 0 spiro atoms. The second kappa shape index (κ2) is 9.59. The molecule has 0 aliphatic carbocycles. The molecule has 0 N–H and O–H groups in total. The van der Waals surface area contributed by atoms with Crippen molar-refractivity contribution in [1.29, 1.82) is 0 Å². The Balaban J connectivity index is 1.85. The second-order valence-electron chi connectivity index (χ2n) is 6.90. The van der Waals surface area contributed by atoms with Crippen molar-refractivity contribution in [2.45, 2.75) is 24.9 Å². The Labute approximate surface area is 177 Å². The summed E-state index contributed by atoms with van der Waals surface area (Å²) in [4.78, 5) is 0.217. The van der Waals surface area contributed by atoms with Crippen LogP contribution in [0.25, 0.3) is 0 Å². The Morgan fingerprint density at radius 3 is 2.38 bits per heavy atom. The average Bonchev–Trinajstić information content (AvgIpc) is 3.13. The lowest BCUT2D eigenvalue weighted by atomic mass is 10.1. The highest BCUT2D eigenvalue weighted by Gasteiger charge is 2.25. The molecule has 0 fully saturated rings. The fourth-order valence-corrected chi connectivity index (χ4v) is 4.57. The monoisotopic (exact) mass is 432 g/mol. The van der Waals surface area contributed by atoms with Gasteiger partial charge in [0.1, 0.15) is 0 Å². The van der Waals surface area contributed by atoms with Gasteiger partial charge in [-0.3, -0.25) is 0 Å². The van der Waals surface area contributed by atoms with Crippen LogP contribution in [0.4, 0.5) is 0 Å². The summed E-state index contributed by atoms with van der Waals surface area (Å²) in [7, 11) is -2.12. The van der Waals surface area contributed by atoms with Gasteiger partial charge in [-0.05, 0) is 48.9 Å². The molecule has 0 radical (unpaired) electrons. The first-order valence-corrected chi connectivity index (χ1v) is 11.2. The largest absolute Gasteiger partial charge is 0.383 e. The molecule has 0 atom stereocenters. The molecule has 0 amide bonds. The first-order valence-electron chi connectivity index (χ1n) is 9.34.